The number of hydrogen-bond acceptors (Lipinski definition) is 1. The van der Waals surface area contributed by atoms with Gasteiger partial charge in [0.1, 0.15) is 0 Å². The van der Waals surface area contributed by atoms with Crippen LogP contribution in [0.1, 0.15) is 30.5 Å². The first-order chi connectivity index (χ1) is 6.38. The van der Waals surface area contributed by atoms with E-state index in [0.29, 0.717) is 0 Å². The molecular formula is C12H14BrN. The first kappa shape index (κ1) is 11.3. The minimum Gasteiger partial charge on any atom is -0.197 e. The summed E-state index contributed by atoms with van der Waals surface area (Å²) in [6, 6.07) is 6.50. The van der Waals surface area contributed by atoms with E-state index in [-0.39, 0.29) is 0 Å². The minimum atomic E-state index is -0.434. The highest BCUT2D eigenvalue weighted by molar-refractivity contribution is 9.10. The summed E-state index contributed by atoms with van der Waals surface area (Å²) >= 11 is 3.52. The lowest BCUT2D eigenvalue weighted by molar-refractivity contribution is 0.677. The molecular weight excluding hydrogens is 238 g/mol. The van der Waals surface area contributed by atoms with Crippen LogP contribution in [0, 0.1) is 25.2 Å². The Morgan fingerprint density at radius 2 is 1.86 bits per heavy atom. The lowest BCUT2D eigenvalue weighted by atomic mass is 9.83. The van der Waals surface area contributed by atoms with Crippen LogP contribution in [0.4, 0.5) is 0 Å². The number of benzene rings is 1. The van der Waals surface area contributed by atoms with Gasteiger partial charge in [0.15, 0.2) is 0 Å². The molecule has 0 N–H and O–H groups in total. The van der Waals surface area contributed by atoms with Gasteiger partial charge >= 0.3 is 0 Å². The molecule has 0 spiro atoms. The molecule has 14 heavy (non-hydrogen) atoms. The van der Waals surface area contributed by atoms with Crippen molar-refractivity contribution < 1.29 is 0 Å². The SMILES string of the molecule is Cc1cc(C)c(C(C)(C)C#N)c(Br)c1. The summed E-state index contributed by atoms with van der Waals surface area (Å²) in [5, 5.41) is 9.09. The van der Waals surface area contributed by atoms with Gasteiger partial charge in [-0.15, -0.1) is 0 Å². The molecule has 0 heterocycles. The topological polar surface area (TPSA) is 23.8 Å². The van der Waals surface area contributed by atoms with E-state index in [9.17, 15) is 0 Å². The summed E-state index contributed by atoms with van der Waals surface area (Å²) in [7, 11) is 0. The van der Waals surface area contributed by atoms with Crippen molar-refractivity contribution in [2.75, 3.05) is 0 Å². The molecule has 2 heteroatoms. The molecule has 1 aromatic carbocycles. The summed E-state index contributed by atoms with van der Waals surface area (Å²) in [5.74, 6) is 0. The first-order valence-electron chi connectivity index (χ1n) is 4.57. The van der Waals surface area contributed by atoms with Crippen LogP contribution in [-0.4, -0.2) is 0 Å². The van der Waals surface area contributed by atoms with Crippen LogP contribution < -0.4 is 0 Å². The lowest BCUT2D eigenvalue weighted by Crippen LogP contribution is -2.16. The Balaban J connectivity index is 3.44. The summed E-state index contributed by atoms with van der Waals surface area (Å²) in [5.41, 5.74) is 3.04. The largest absolute Gasteiger partial charge is 0.197 e. The van der Waals surface area contributed by atoms with Crippen LogP contribution in [0.15, 0.2) is 16.6 Å². The van der Waals surface area contributed by atoms with Gasteiger partial charge < -0.3 is 0 Å². The molecule has 0 aliphatic rings. The molecule has 0 unspecified atom stereocenters. The number of nitriles is 1. The zero-order valence-corrected chi connectivity index (χ0v) is 10.6. The van der Waals surface area contributed by atoms with Crippen molar-refractivity contribution in [2.45, 2.75) is 33.1 Å². The Morgan fingerprint density at radius 3 is 2.29 bits per heavy atom. The third kappa shape index (κ3) is 1.99. The fraction of sp³-hybridized carbons (Fsp3) is 0.417. The van der Waals surface area contributed by atoms with E-state index < -0.39 is 5.41 Å². The Bertz CT molecular complexity index is 376. The first-order valence-corrected chi connectivity index (χ1v) is 5.36. The van der Waals surface area contributed by atoms with E-state index in [0.717, 1.165) is 10.0 Å². The maximum absolute atomic E-state index is 9.09. The second-order valence-electron chi connectivity index (χ2n) is 4.18. The average Bonchev–Trinajstić information content (AvgIpc) is 2.01. The molecule has 1 rings (SSSR count). The van der Waals surface area contributed by atoms with Gasteiger partial charge in [0.05, 0.1) is 11.5 Å². The van der Waals surface area contributed by atoms with E-state index in [4.69, 9.17) is 5.26 Å². The summed E-state index contributed by atoms with van der Waals surface area (Å²) in [6.07, 6.45) is 0. The number of halogens is 1. The Labute approximate surface area is 93.9 Å². The monoisotopic (exact) mass is 251 g/mol. The second kappa shape index (κ2) is 3.74. The summed E-state index contributed by atoms with van der Waals surface area (Å²) in [4.78, 5) is 0. The van der Waals surface area contributed by atoms with E-state index in [1.807, 2.05) is 20.8 Å². The second-order valence-corrected chi connectivity index (χ2v) is 5.03. The molecule has 1 aromatic rings. The van der Waals surface area contributed by atoms with Gasteiger partial charge in [-0.25, -0.2) is 0 Å². The van der Waals surface area contributed by atoms with Crippen molar-refractivity contribution in [2.24, 2.45) is 0 Å². The molecule has 0 saturated carbocycles. The van der Waals surface area contributed by atoms with Crippen LogP contribution >= 0.6 is 15.9 Å². The van der Waals surface area contributed by atoms with Gasteiger partial charge in [-0.1, -0.05) is 22.0 Å². The number of aryl methyl sites for hydroxylation is 2. The fourth-order valence-corrected chi connectivity index (χ4v) is 2.93. The number of rotatable bonds is 1. The smallest absolute Gasteiger partial charge is 0.0779 e. The highest BCUT2D eigenvalue weighted by atomic mass is 79.9. The van der Waals surface area contributed by atoms with Gasteiger partial charge in [-0.2, -0.15) is 5.26 Å². The summed E-state index contributed by atoms with van der Waals surface area (Å²) < 4.78 is 1.03. The molecule has 0 aliphatic carbocycles. The zero-order valence-electron chi connectivity index (χ0n) is 8.98. The van der Waals surface area contributed by atoms with Gasteiger partial charge in [0.2, 0.25) is 0 Å². The Morgan fingerprint density at radius 1 is 1.29 bits per heavy atom. The van der Waals surface area contributed by atoms with Gasteiger partial charge in [-0.05, 0) is 50.5 Å². The van der Waals surface area contributed by atoms with Crippen molar-refractivity contribution in [3.05, 3.63) is 33.3 Å². The van der Waals surface area contributed by atoms with Crippen molar-refractivity contribution in [3.63, 3.8) is 0 Å². The summed E-state index contributed by atoms with van der Waals surface area (Å²) in [6.45, 7) is 7.98. The Hall–Kier alpha value is -0.810. The van der Waals surface area contributed by atoms with E-state index in [1.54, 1.807) is 0 Å². The molecule has 0 aromatic heterocycles. The van der Waals surface area contributed by atoms with E-state index in [1.165, 1.54) is 11.1 Å². The fourth-order valence-electron chi connectivity index (χ4n) is 1.76. The average molecular weight is 252 g/mol. The van der Waals surface area contributed by atoms with E-state index >= 15 is 0 Å². The normalized spacial score (nSPS) is 11.1. The van der Waals surface area contributed by atoms with Crippen LogP contribution in [0.3, 0.4) is 0 Å². The predicted molar refractivity (Wildman–Crippen MR) is 62.3 cm³/mol. The van der Waals surface area contributed by atoms with Crippen molar-refractivity contribution in [1.29, 1.82) is 5.26 Å². The molecule has 0 amide bonds. The highest BCUT2D eigenvalue weighted by Crippen LogP contribution is 2.33. The van der Waals surface area contributed by atoms with Gasteiger partial charge in [0.25, 0.3) is 0 Å². The molecule has 0 radical (unpaired) electrons. The third-order valence-electron chi connectivity index (χ3n) is 2.34. The van der Waals surface area contributed by atoms with Crippen molar-refractivity contribution in [3.8, 4) is 6.07 Å². The molecule has 0 bridgehead atoms. The molecule has 74 valence electrons. The maximum atomic E-state index is 9.09. The maximum Gasteiger partial charge on any atom is 0.0779 e. The molecule has 1 nitrogen and oxygen atoms in total. The predicted octanol–water partition coefficient (Wildman–Crippen LogP) is 3.87. The third-order valence-corrected chi connectivity index (χ3v) is 2.96. The van der Waals surface area contributed by atoms with Crippen LogP contribution in [0.25, 0.3) is 0 Å². The zero-order chi connectivity index (χ0) is 10.9. The Kier molecular flexibility index (Phi) is 3.01. The van der Waals surface area contributed by atoms with Crippen molar-refractivity contribution >= 4 is 15.9 Å². The van der Waals surface area contributed by atoms with E-state index in [2.05, 4.69) is 41.1 Å². The quantitative estimate of drug-likeness (QED) is 0.744. The number of hydrogen-bond donors (Lipinski definition) is 0. The highest BCUT2D eigenvalue weighted by Gasteiger charge is 2.24. The molecule has 0 saturated heterocycles. The van der Waals surface area contributed by atoms with Crippen molar-refractivity contribution in [1.82, 2.24) is 0 Å². The van der Waals surface area contributed by atoms with Crippen LogP contribution in [-0.2, 0) is 5.41 Å². The van der Waals surface area contributed by atoms with Crippen LogP contribution in [0.2, 0.25) is 0 Å². The molecule has 0 atom stereocenters. The van der Waals surface area contributed by atoms with Gasteiger partial charge in [-0.3, -0.25) is 0 Å². The molecule has 0 fully saturated rings. The lowest BCUT2D eigenvalue weighted by Gasteiger charge is -2.21. The molecule has 0 aliphatic heterocycles. The number of nitrogens with zero attached hydrogens (tertiary/aromatic N) is 1. The van der Waals surface area contributed by atoms with Gasteiger partial charge in [0, 0.05) is 4.47 Å². The van der Waals surface area contributed by atoms with Crippen LogP contribution in [0.5, 0.6) is 0 Å². The standard InChI is InChI=1S/C12H14BrN/c1-8-5-9(2)11(10(13)6-8)12(3,4)7-14/h5-6H,1-4H3. The minimum absolute atomic E-state index is 0.434.